The average molecular weight is 206 g/mol. The van der Waals surface area contributed by atoms with Gasteiger partial charge < -0.3 is 0 Å². The van der Waals surface area contributed by atoms with Crippen molar-refractivity contribution in [3.8, 4) is 0 Å². The molecular weight excluding hydrogens is 184 g/mol. The lowest BCUT2D eigenvalue weighted by atomic mass is 9.79. The summed E-state index contributed by atoms with van der Waals surface area (Å²) in [6, 6.07) is 0. The van der Waals surface area contributed by atoms with E-state index in [9.17, 15) is 4.79 Å². The van der Waals surface area contributed by atoms with E-state index in [2.05, 4.69) is 20.4 Å². The molecule has 0 N–H and O–H groups in total. The van der Waals surface area contributed by atoms with Crippen LogP contribution in [-0.2, 0) is 4.79 Å². The number of hydrogen-bond acceptors (Lipinski definition) is 1. The second-order valence-electron chi connectivity index (χ2n) is 5.68. The zero-order valence-corrected chi connectivity index (χ0v) is 9.96. The second kappa shape index (κ2) is 4.11. The van der Waals surface area contributed by atoms with E-state index in [1.807, 2.05) is 0 Å². The fraction of sp³-hybridized carbons (Fsp3) is 0.786. The highest BCUT2D eigenvalue weighted by molar-refractivity contribution is 5.82. The molecule has 0 heterocycles. The quantitative estimate of drug-likeness (QED) is 0.599. The Morgan fingerprint density at radius 3 is 2.67 bits per heavy atom. The molecule has 84 valence electrons. The molecule has 2 unspecified atom stereocenters. The number of Topliss-reactive ketones (excluding diaryl/α,β-unsaturated/α-hetero) is 1. The Morgan fingerprint density at radius 2 is 2.00 bits per heavy atom. The molecule has 1 nitrogen and oxygen atoms in total. The molecule has 2 aliphatic rings. The SMILES string of the molecule is C=C1CCC(=O)C2CC[C@@H](C(C)C)C2C1. The van der Waals surface area contributed by atoms with Crippen LogP contribution >= 0.6 is 0 Å². The number of carbonyl (C=O) groups excluding carboxylic acids is 1. The van der Waals surface area contributed by atoms with Crippen molar-refractivity contribution in [3.05, 3.63) is 12.2 Å². The van der Waals surface area contributed by atoms with Gasteiger partial charge in [-0.3, -0.25) is 4.79 Å². The highest BCUT2D eigenvalue weighted by Gasteiger charge is 2.42. The third-order valence-corrected chi connectivity index (χ3v) is 4.40. The first-order chi connectivity index (χ1) is 7.09. The second-order valence-corrected chi connectivity index (χ2v) is 5.68. The highest BCUT2D eigenvalue weighted by atomic mass is 16.1. The molecule has 0 aliphatic heterocycles. The molecular formula is C14H22O. The van der Waals surface area contributed by atoms with Crippen LogP contribution in [0.3, 0.4) is 0 Å². The van der Waals surface area contributed by atoms with Gasteiger partial charge in [-0.25, -0.2) is 0 Å². The van der Waals surface area contributed by atoms with Crippen molar-refractivity contribution in [2.75, 3.05) is 0 Å². The summed E-state index contributed by atoms with van der Waals surface area (Å²) in [4.78, 5) is 12.0. The summed E-state index contributed by atoms with van der Waals surface area (Å²) in [5.74, 6) is 2.98. The summed E-state index contributed by atoms with van der Waals surface area (Å²) >= 11 is 0. The van der Waals surface area contributed by atoms with E-state index in [0.717, 1.165) is 37.5 Å². The van der Waals surface area contributed by atoms with Gasteiger partial charge in [0.1, 0.15) is 5.78 Å². The lowest BCUT2D eigenvalue weighted by Gasteiger charge is -2.25. The van der Waals surface area contributed by atoms with Crippen molar-refractivity contribution in [2.45, 2.75) is 46.0 Å². The van der Waals surface area contributed by atoms with Crippen LogP contribution in [0.1, 0.15) is 46.0 Å². The molecule has 0 bridgehead atoms. The molecule has 2 saturated carbocycles. The van der Waals surface area contributed by atoms with E-state index in [0.29, 0.717) is 17.6 Å². The molecule has 0 aromatic heterocycles. The van der Waals surface area contributed by atoms with Gasteiger partial charge in [0.05, 0.1) is 0 Å². The van der Waals surface area contributed by atoms with E-state index < -0.39 is 0 Å². The molecule has 0 saturated heterocycles. The molecule has 1 heteroatoms. The monoisotopic (exact) mass is 206 g/mol. The number of fused-ring (bicyclic) bond motifs is 1. The lowest BCUT2D eigenvalue weighted by molar-refractivity contribution is -0.123. The molecule has 2 aliphatic carbocycles. The predicted octanol–water partition coefficient (Wildman–Crippen LogP) is 3.59. The fourth-order valence-electron chi connectivity index (χ4n) is 3.54. The summed E-state index contributed by atoms with van der Waals surface area (Å²) in [6.45, 7) is 8.70. The van der Waals surface area contributed by atoms with Crippen molar-refractivity contribution >= 4 is 5.78 Å². The Kier molecular flexibility index (Phi) is 2.99. The zero-order valence-electron chi connectivity index (χ0n) is 9.96. The van der Waals surface area contributed by atoms with Gasteiger partial charge in [-0.2, -0.15) is 0 Å². The number of hydrogen-bond donors (Lipinski definition) is 0. The topological polar surface area (TPSA) is 17.1 Å². The van der Waals surface area contributed by atoms with Crippen LogP contribution < -0.4 is 0 Å². The van der Waals surface area contributed by atoms with Gasteiger partial charge in [-0.05, 0) is 43.4 Å². The smallest absolute Gasteiger partial charge is 0.136 e. The standard InChI is InChI=1S/C14H22O/c1-9(2)11-5-6-12-13(11)8-10(3)4-7-14(12)15/h9,11-13H,3-8H2,1-2H3/t11-,12?,13?/m0/s1. The molecule has 2 fully saturated rings. The Bertz CT molecular complexity index is 277. The summed E-state index contributed by atoms with van der Waals surface area (Å²) in [6.07, 6.45) is 5.20. The average Bonchev–Trinajstić information content (AvgIpc) is 2.52. The van der Waals surface area contributed by atoms with E-state index in [1.165, 1.54) is 12.0 Å². The number of carbonyl (C=O) groups is 1. The van der Waals surface area contributed by atoms with Crippen LogP contribution in [0.2, 0.25) is 0 Å². The van der Waals surface area contributed by atoms with Crippen LogP contribution in [0.4, 0.5) is 0 Å². The first-order valence-corrected chi connectivity index (χ1v) is 6.29. The summed E-state index contributed by atoms with van der Waals surface area (Å²) < 4.78 is 0. The molecule has 0 aromatic rings. The molecule has 0 amide bonds. The van der Waals surface area contributed by atoms with Crippen LogP contribution in [-0.4, -0.2) is 5.78 Å². The number of rotatable bonds is 1. The summed E-state index contributed by atoms with van der Waals surface area (Å²) in [7, 11) is 0. The molecule has 0 spiro atoms. The van der Waals surface area contributed by atoms with Crippen LogP contribution in [0.15, 0.2) is 12.2 Å². The zero-order chi connectivity index (χ0) is 11.0. The largest absolute Gasteiger partial charge is 0.299 e. The van der Waals surface area contributed by atoms with Crippen molar-refractivity contribution in [1.29, 1.82) is 0 Å². The maximum absolute atomic E-state index is 12.0. The minimum absolute atomic E-state index is 0.372. The maximum atomic E-state index is 12.0. The molecule has 15 heavy (non-hydrogen) atoms. The van der Waals surface area contributed by atoms with Gasteiger partial charge in [0.15, 0.2) is 0 Å². The van der Waals surface area contributed by atoms with Gasteiger partial charge in [-0.1, -0.05) is 26.0 Å². The van der Waals surface area contributed by atoms with Gasteiger partial charge in [-0.15, -0.1) is 0 Å². The van der Waals surface area contributed by atoms with Crippen LogP contribution in [0, 0.1) is 23.7 Å². The lowest BCUT2D eigenvalue weighted by Crippen LogP contribution is -2.22. The Balaban J connectivity index is 2.19. The molecule has 2 rings (SSSR count). The third-order valence-electron chi connectivity index (χ3n) is 4.40. The molecule has 3 atom stereocenters. The minimum Gasteiger partial charge on any atom is -0.299 e. The maximum Gasteiger partial charge on any atom is 0.136 e. The number of ketones is 1. The van der Waals surface area contributed by atoms with Gasteiger partial charge in [0, 0.05) is 12.3 Å². The van der Waals surface area contributed by atoms with Gasteiger partial charge >= 0.3 is 0 Å². The first-order valence-electron chi connectivity index (χ1n) is 6.29. The molecule has 0 aromatic carbocycles. The highest BCUT2D eigenvalue weighted by Crippen LogP contribution is 2.47. The normalized spacial score (nSPS) is 36.9. The van der Waals surface area contributed by atoms with E-state index in [4.69, 9.17) is 0 Å². The number of allylic oxidation sites excluding steroid dienone is 1. The van der Waals surface area contributed by atoms with Crippen molar-refractivity contribution < 1.29 is 4.79 Å². The van der Waals surface area contributed by atoms with E-state index >= 15 is 0 Å². The minimum atomic E-state index is 0.372. The van der Waals surface area contributed by atoms with Crippen LogP contribution in [0.25, 0.3) is 0 Å². The summed E-state index contributed by atoms with van der Waals surface area (Å²) in [5, 5.41) is 0. The van der Waals surface area contributed by atoms with Gasteiger partial charge in [0.2, 0.25) is 0 Å². The van der Waals surface area contributed by atoms with Crippen molar-refractivity contribution in [1.82, 2.24) is 0 Å². The Hall–Kier alpha value is -0.590. The Labute approximate surface area is 92.9 Å². The summed E-state index contributed by atoms with van der Waals surface area (Å²) in [5.41, 5.74) is 1.31. The van der Waals surface area contributed by atoms with E-state index in [-0.39, 0.29) is 0 Å². The van der Waals surface area contributed by atoms with E-state index in [1.54, 1.807) is 0 Å². The van der Waals surface area contributed by atoms with Crippen molar-refractivity contribution in [2.24, 2.45) is 23.7 Å². The van der Waals surface area contributed by atoms with Crippen molar-refractivity contribution in [3.63, 3.8) is 0 Å². The third kappa shape index (κ3) is 2.02. The van der Waals surface area contributed by atoms with Crippen LogP contribution in [0.5, 0.6) is 0 Å². The molecule has 0 radical (unpaired) electrons. The fourth-order valence-corrected chi connectivity index (χ4v) is 3.54. The van der Waals surface area contributed by atoms with Gasteiger partial charge in [0.25, 0.3) is 0 Å². The first kappa shape index (κ1) is 10.9. The predicted molar refractivity (Wildman–Crippen MR) is 62.5 cm³/mol. The Morgan fingerprint density at radius 1 is 1.27 bits per heavy atom.